The van der Waals surface area contributed by atoms with E-state index in [4.69, 9.17) is 4.74 Å². The van der Waals surface area contributed by atoms with Gasteiger partial charge in [0.25, 0.3) is 0 Å². The van der Waals surface area contributed by atoms with Crippen LogP contribution < -0.4 is 10.1 Å². The van der Waals surface area contributed by atoms with Crippen molar-refractivity contribution in [1.29, 1.82) is 0 Å². The predicted molar refractivity (Wildman–Crippen MR) is 101 cm³/mol. The van der Waals surface area contributed by atoms with Crippen LogP contribution in [0.25, 0.3) is 0 Å². The summed E-state index contributed by atoms with van der Waals surface area (Å²) < 4.78 is 43.7. The van der Waals surface area contributed by atoms with Crippen LogP contribution in [0.15, 0.2) is 48.5 Å². The molecule has 8 heteroatoms. The maximum Gasteiger partial charge on any atom is 0.235 e. The van der Waals surface area contributed by atoms with Gasteiger partial charge in [0.05, 0.1) is 19.9 Å². The first kappa shape index (κ1) is 20.9. The summed E-state index contributed by atoms with van der Waals surface area (Å²) in [6.07, 6.45) is 1.39. The van der Waals surface area contributed by atoms with Crippen LogP contribution in [-0.4, -0.2) is 45.1 Å². The number of carbonyl (C=O) groups is 1. The Morgan fingerprint density at radius 3 is 2.41 bits per heavy atom. The molecule has 0 spiro atoms. The summed E-state index contributed by atoms with van der Waals surface area (Å²) in [7, 11) is -2.03. The van der Waals surface area contributed by atoms with Crippen molar-refractivity contribution in [3.05, 3.63) is 65.5 Å². The monoisotopic (exact) mass is 394 g/mol. The number of sulfonamides is 1. The predicted octanol–water partition coefficient (Wildman–Crippen LogP) is 1.95. The van der Waals surface area contributed by atoms with E-state index in [-0.39, 0.29) is 25.5 Å². The topological polar surface area (TPSA) is 75.7 Å². The fraction of sp³-hybridized carbons (Fsp3) is 0.316. The standard InChI is InChI=1S/C19H23FN2O4S/c1-26-17-9-7-15(8-10-17)13-22(27(2,24)25)14-19(23)21-12-11-16-5-3-4-6-18(16)20/h3-10H,11-14H2,1-2H3,(H,21,23). The van der Waals surface area contributed by atoms with Crippen LogP contribution in [0.1, 0.15) is 11.1 Å². The van der Waals surface area contributed by atoms with E-state index >= 15 is 0 Å². The van der Waals surface area contributed by atoms with Gasteiger partial charge in [0.2, 0.25) is 15.9 Å². The molecule has 0 aromatic heterocycles. The number of methoxy groups -OCH3 is 1. The van der Waals surface area contributed by atoms with Crippen LogP contribution in [0, 0.1) is 5.82 Å². The first-order chi connectivity index (χ1) is 12.8. The molecule has 0 fully saturated rings. The highest BCUT2D eigenvalue weighted by atomic mass is 32.2. The molecule has 1 N–H and O–H groups in total. The van der Waals surface area contributed by atoms with Gasteiger partial charge in [0.15, 0.2) is 0 Å². The Morgan fingerprint density at radius 1 is 1.15 bits per heavy atom. The van der Waals surface area contributed by atoms with Crippen LogP contribution in [-0.2, 0) is 27.8 Å². The van der Waals surface area contributed by atoms with Crippen molar-refractivity contribution in [2.24, 2.45) is 0 Å². The number of carbonyl (C=O) groups excluding carboxylic acids is 1. The van der Waals surface area contributed by atoms with Gasteiger partial charge >= 0.3 is 0 Å². The van der Waals surface area contributed by atoms with Crippen molar-refractivity contribution in [3.63, 3.8) is 0 Å². The second-order valence-electron chi connectivity index (χ2n) is 6.07. The number of nitrogens with zero attached hydrogens (tertiary/aromatic N) is 1. The highest BCUT2D eigenvalue weighted by Gasteiger charge is 2.20. The molecule has 0 aliphatic rings. The molecule has 0 aliphatic heterocycles. The van der Waals surface area contributed by atoms with E-state index in [1.807, 2.05) is 0 Å². The van der Waals surface area contributed by atoms with Gasteiger partial charge in [-0.1, -0.05) is 30.3 Å². The molecule has 146 valence electrons. The summed E-state index contributed by atoms with van der Waals surface area (Å²) in [6.45, 7) is -0.00833. The van der Waals surface area contributed by atoms with Gasteiger partial charge in [-0.15, -0.1) is 0 Å². The highest BCUT2D eigenvalue weighted by molar-refractivity contribution is 7.88. The molecule has 0 saturated heterocycles. The minimum atomic E-state index is -3.58. The van der Waals surface area contributed by atoms with Crippen LogP contribution in [0.3, 0.4) is 0 Å². The van der Waals surface area contributed by atoms with Gasteiger partial charge in [0.1, 0.15) is 11.6 Å². The van der Waals surface area contributed by atoms with Crippen molar-refractivity contribution < 1.29 is 22.3 Å². The quantitative estimate of drug-likeness (QED) is 0.705. The summed E-state index contributed by atoms with van der Waals surface area (Å²) in [5.74, 6) is -0.107. The van der Waals surface area contributed by atoms with E-state index in [0.29, 0.717) is 17.7 Å². The Bertz CT molecular complexity index is 870. The average molecular weight is 394 g/mol. The minimum absolute atomic E-state index is 0.0730. The van der Waals surface area contributed by atoms with E-state index in [2.05, 4.69) is 5.32 Å². The van der Waals surface area contributed by atoms with Crippen LogP contribution >= 0.6 is 0 Å². The van der Waals surface area contributed by atoms with Gasteiger partial charge in [-0.25, -0.2) is 12.8 Å². The number of hydrogen-bond donors (Lipinski definition) is 1. The largest absolute Gasteiger partial charge is 0.497 e. The molecule has 0 heterocycles. The Balaban J connectivity index is 1.92. The van der Waals surface area contributed by atoms with Crippen LogP contribution in [0.4, 0.5) is 4.39 Å². The van der Waals surface area contributed by atoms with E-state index in [1.54, 1.807) is 49.6 Å². The van der Waals surface area contributed by atoms with E-state index in [0.717, 1.165) is 16.1 Å². The highest BCUT2D eigenvalue weighted by Crippen LogP contribution is 2.14. The van der Waals surface area contributed by atoms with Crippen molar-refractivity contribution in [3.8, 4) is 5.75 Å². The maximum absolute atomic E-state index is 13.6. The Hall–Kier alpha value is -2.45. The second-order valence-corrected chi connectivity index (χ2v) is 8.05. The number of nitrogens with one attached hydrogen (secondary N) is 1. The molecule has 0 saturated carbocycles. The van der Waals surface area contributed by atoms with Gasteiger partial charge in [-0.3, -0.25) is 4.79 Å². The van der Waals surface area contributed by atoms with Gasteiger partial charge < -0.3 is 10.1 Å². The van der Waals surface area contributed by atoms with Gasteiger partial charge in [0, 0.05) is 13.1 Å². The second kappa shape index (κ2) is 9.48. The summed E-state index contributed by atoms with van der Waals surface area (Å²) in [5, 5.41) is 2.63. The van der Waals surface area contributed by atoms with Crippen molar-refractivity contribution in [2.45, 2.75) is 13.0 Å². The molecule has 2 aromatic rings. The molecular weight excluding hydrogens is 371 g/mol. The summed E-state index contributed by atoms with van der Waals surface area (Å²) in [5.41, 5.74) is 1.23. The fourth-order valence-electron chi connectivity index (χ4n) is 2.48. The molecule has 0 unspecified atom stereocenters. The molecule has 2 rings (SSSR count). The molecule has 27 heavy (non-hydrogen) atoms. The molecule has 1 amide bonds. The zero-order chi connectivity index (χ0) is 19.9. The van der Waals surface area contributed by atoms with E-state index in [9.17, 15) is 17.6 Å². The van der Waals surface area contributed by atoms with Gasteiger partial charge in [-0.05, 0) is 35.7 Å². The van der Waals surface area contributed by atoms with Crippen molar-refractivity contribution >= 4 is 15.9 Å². The number of amides is 1. The first-order valence-electron chi connectivity index (χ1n) is 8.38. The van der Waals surface area contributed by atoms with Crippen molar-refractivity contribution in [1.82, 2.24) is 9.62 Å². The average Bonchev–Trinajstić information content (AvgIpc) is 2.62. The zero-order valence-corrected chi connectivity index (χ0v) is 16.1. The molecule has 0 aliphatic carbocycles. The van der Waals surface area contributed by atoms with Gasteiger partial charge in [-0.2, -0.15) is 4.31 Å². The Labute approximate surface area is 159 Å². The molecule has 0 atom stereocenters. The normalized spacial score (nSPS) is 11.4. The SMILES string of the molecule is COc1ccc(CN(CC(=O)NCCc2ccccc2F)S(C)(=O)=O)cc1. The lowest BCUT2D eigenvalue weighted by Gasteiger charge is -2.19. The number of ether oxygens (including phenoxy) is 1. The Kier molecular flexibility index (Phi) is 7.32. The molecule has 2 aromatic carbocycles. The van der Waals surface area contributed by atoms with E-state index < -0.39 is 15.9 Å². The summed E-state index contributed by atoms with van der Waals surface area (Å²) in [4.78, 5) is 12.1. The molecule has 0 radical (unpaired) electrons. The molecular formula is C19H23FN2O4S. The van der Waals surface area contributed by atoms with Crippen molar-refractivity contribution in [2.75, 3.05) is 26.5 Å². The molecule has 6 nitrogen and oxygen atoms in total. The number of hydrogen-bond acceptors (Lipinski definition) is 4. The van der Waals surface area contributed by atoms with Crippen LogP contribution in [0.2, 0.25) is 0 Å². The lowest BCUT2D eigenvalue weighted by molar-refractivity contribution is -0.121. The maximum atomic E-state index is 13.6. The Morgan fingerprint density at radius 2 is 1.81 bits per heavy atom. The van der Waals surface area contributed by atoms with E-state index in [1.165, 1.54) is 6.07 Å². The number of benzene rings is 2. The minimum Gasteiger partial charge on any atom is -0.497 e. The van der Waals surface area contributed by atoms with Crippen LogP contribution in [0.5, 0.6) is 5.75 Å². The number of rotatable bonds is 9. The number of halogens is 1. The smallest absolute Gasteiger partial charge is 0.235 e. The fourth-order valence-corrected chi connectivity index (χ4v) is 3.21. The summed E-state index contributed by atoms with van der Waals surface area (Å²) in [6, 6.07) is 13.3. The third-order valence-electron chi connectivity index (χ3n) is 3.98. The first-order valence-corrected chi connectivity index (χ1v) is 10.2. The third kappa shape index (κ3) is 6.65. The lowest BCUT2D eigenvalue weighted by Crippen LogP contribution is -2.40. The lowest BCUT2D eigenvalue weighted by atomic mass is 10.1. The zero-order valence-electron chi connectivity index (χ0n) is 15.3. The molecule has 0 bridgehead atoms. The third-order valence-corrected chi connectivity index (χ3v) is 5.18. The summed E-state index contributed by atoms with van der Waals surface area (Å²) >= 11 is 0.